The second kappa shape index (κ2) is 7.40. The summed E-state index contributed by atoms with van der Waals surface area (Å²) in [7, 11) is 0. The third-order valence-corrected chi connectivity index (χ3v) is 4.01. The van der Waals surface area contributed by atoms with Crippen LogP contribution >= 0.6 is 15.9 Å². The lowest BCUT2D eigenvalue weighted by Gasteiger charge is -2.04. The molecule has 5 nitrogen and oxygen atoms in total. The summed E-state index contributed by atoms with van der Waals surface area (Å²) in [5.74, 6) is 0.844. The normalized spacial score (nSPS) is 10.6. The van der Waals surface area contributed by atoms with E-state index < -0.39 is 0 Å². The Hall–Kier alpha value is -2.47. The Kier molecular flexibility index (Phi) is 5.05. The second-order valence-corrected chi connectivity index (χ2v) is 6.29. The van der Waals surface area contributed by atoms with Gasteiger partial charge in [-0.2, -0.15) is 0 Å². The summed E-state index contributed by atoms with van der Waals surface area (Å²) in [5.41, 5.74) is 2.73. The van der Waals surface area contributed by atoms with Crippen LogP contribution in [0.2, 0.25) is 0 Å². The molecule has 3 rings (SSSR count). The first-order valence-corrected chi connectivity index (χ1v) is 8.35. The molecule has 0 aliphatic heterocycles. The van der Waals surface area contributed by atoms with Crippen LogP contribution in [-0.2, 0) is 11.2 Å². The number of halogens is 1. The van der Waals surface area contributed by atoms with Gasteiger partial charge < -0.3 is 9.73 Å². The number of rotatable bonds is 5. The Labute approximate surface area is 148 Å². The number of benzene rings is 2. The first-order valence-electron chi connectivity index (χ1n) is 7.55. The molecule has 0 spiro atoms. The first kappa shape index (κ1) is 16.4. The summed E-state index contributed by atoms with van der Waals surface area (Å²) < 4.78 is 6.58. The van der Waals surface area contributed by atoms with Crippen molar-refractivity contribution in [1.29, 1.82) is 0 Å². The summed E-state index contributed by atoms with van der Waals surface area (Å²) in [6.45, 7) is 1.99. The third-order valence-electron chi connectivity index (χ3n) is 3.52. The summed E-state index contributed by atoms with van der Waals surface area (Å²) in [4.78, 5) is 12.0. The second-order valence-electron chi connectivity index (χ2n) is 5.37. The molecule has 24 heavy (non-hydrogen) atoms. The van der Waals surface area contributed by atoms with Crippen LogP contribution in [0.3, 0.4) is 0 Å². The molecule has 0 saturated heterocycles. The highest BCUT2D eigenvalue weighted by Gasteiger charge is 2.12. The average molecular weight is 386 g/mol. The Morgan fingerprint density at radius 1 is 1.17 bits per heavy atom. The largest absolute Gasteiger partial charge is 0.421 e. The number of aryl methyl sites for hydroxylation is 2. The predicted octanol–water partition coefficient (Wildman–Crippen LogP) is 4.38. The molecular formula is C18H16BrN3O2. The maximum absolute atomic E-state index is 12.0. The number of aromatic nitrogens is 2. The zero-order chi connectivity index (χ0) is 16.9. The number of nitrogens with one attached hydrogen (secondary N) is 1. The molecule has 0 atom stereocenters. The lowest BCUT2D eigenvalue weighted by Crippen LogP contribution is -2.12. The van der Waals surface area contributed by atoms with Gasteiger partial charge in [0.15, 0.2) is 0 Å². The van der Waals surface area contributed by atoms with E-state index in [2.05, 4.69) is 31.4 Å². The van der Waals surface area contributed by atoms with Crippen LogP contribution in [0, 0.1) is 6.92 Å². The lowest BCUT2D eigenvalue weighted by atomic mass is 10.1. The number of anilines is 1. The van der Waals surface area contributed by atoms with E-state index in [1.807, 2.05) is 55.5 Å². The average Bonchev–Trinajstić information content (AvgIpc) is 3.02. The van der Waals surface area contributed by atoms with Gasteiger partial charge in [-0.05, 0) is 36.8 Å². The summed E-state index contributed by atoms with van der Waals surface area (Å²) in [5, 5.41) is 10.9. The van der Waals surface area contributed by atoms with Crippen LogP contribution in [-0.4, -0.2) is 16.1 Å². The maximum Gasteiger partial charge on any atom is 0.247 e. The lowest BCUT2D eigenvalue weighted by molar-refractivity contribution is -0.116. The van der Waals surface area contributed by atoms with Crippen molar-refractivity contribution in [3.05, 3.63) is 64.5 Å². The van der Waals surface area contributed by atoms with Gasteiger partial charge in [-0.25, -0.2) is 0 Å². The van der Waals surface area contributed by atoms with E-state index in [-0.39, 0.29) is 12.3 Å². The summed E-state index contributed by atoms with van der Waals surface area (Å²) >= 11 is 3.37. The van der Waals surface area contributed by atoms with Crippen LogP contribution in [0.25, 0.3) is 11.5 Å². The molecule has 0 aliphatic carbocycles. The number of hydrogen-bond donors (Lipinski definition) is 1. The first-order chi connectivity index (χ1) is 11.6. The SMILES string of the molecule is Cc1ccccc1-c1nnc(CCC(=O)Nc2cccc(Br)c2)o1. The Bertz CT molecular complexity index is 861. The monoisotopic (exact) mass is 385 g/mol. The van der Waals surface area contributed by atoms with Crippen molar-refractivity contribution in [2.24, 2.45) is 0 Å². The quantitative estimate of drug-likeness (QED) is 0.707. The molecule has 1 heterocycles. The molecule has 3 aromatic rings. The smallest absolute Gasteiger partial charge is 0.247 e. The molecule has 2 aromatic carbocycles. The highest BCUT2D eigenvalue weighted by Crippen LogP contribution is 2.22. The van der Waals surface area contributed by atoms with Gasteiger partial charge in [-0.1, -0.05) is 40.2 Å². The van der Waals surface area contributed by atoms with Gasteiger partial charge in [0.2, 0.25) is 17.7 Å². The van der Waals surface area contributed by atoms with Crippen LogP contribution in [0.4, 0.5) is 5.69 Å². The van der Waals surface area contributed by atoms with Crippen molar-refractivity contribution in [1.82, 2.24) is 10.2 Å². The fourth-order valence-corrected chi connectivity index (χ4v) is 2.69. The van der Waals surface area contributed by atoms with Gasteiger partial charge in [-0.15, -0.1) is 10.2 Å². The van der Waals surface area contributed by atoms with E-state index in [1.165, 1.54) is 0 Å². The van der Waals surface area contributed by atoms with Crippen molar-refractivity contribution >= 4 is 27.5 Å². The molecule has 0 bridgehead atoms. The van der Waals surface area contributed by atoms with Gasteiger partial charge in [-0.3, -0.25) is 4.79 Å². The molecule has 1 amide bonds. The Balaban J connectivity index is 1.59. The van der Waals surface area contributed by atoms with Gasteiger partial charge in [0, 0.05) is 28.6 Å². The van der Waals surface area contributed by atoms with Crippen molar-refractivity contribution in [3.63, 3.8) is 0 Å². The van der Waals surface area contributed by atoms with E-state index >= 15 is 0 Å². The molecule has 0 unspecified atom stereocenters. The fraction of sp³-hybridized carbons (Fsp3) is 0.167. The molecule has 1 aromatic heterocycles. The topological polar surface area (TPSA) is 68.0 Å². The minimum Gasteiger partial charge on any atom is -0.421 e. The van der Waals surface area contributed by atoms with E-state index in [0.717, 1.165) is 21.3 Å². The van der Waals surface area contributed by atoms with Crippen molar-refractivity contribution in [2.45, 2.75) is 19.8 Å². The van der Waals surface area contributed by atoms with Crippen LogP contribution in [0.15, 0.2) is 57.4 Å². The number of nitrogens with zero attached hydrogens (tertiary/aromatic N) is 2. The van der Waals surface area contributed by atoms with Crippen LogP contribution in [0.1, 0.15) is 17.9 Å². The molecular weight excluding hydrogens is 370 g/mol. The Morgan fingerprint density at radius 3 is 2.79 bits per heavy atom. The van der Waals surface area contributed by atoms with Gasteiger partial charge in [0.1, 0.15) is 0 Å². The molecule has 0 saturated carbocycles. The van der Waals surface area contributed by atoms with Gasteiger partial charge in [0.25, 0.3) is 0 Å². The molecule has 122 valence electrons. The minimum atomic E-state index is -0.0938. The highest BCUT2D eigenvalue weighted by atomic mass is 79.9. The van der Waals surface area contributed by atoms with E-state index in [4.69, 9.17) is 4.42 Å². The maximum atomic E-state index is 12.0. The predicted molar refractivity (Wildman–Crippen MR) is 95.6 cm³/mol. The van der Waals surface area contributed by atoms with Gasteiger partial charge >= 0.3 is 0 Å². The molecule has 0 aliphatic rings. The van der Waals surface area contributed by atoms with Crippen molar-refractivity contribution in [3.8, 4) is 11.5 Å². The minimum absolute atomic E-state index is 0.0938. The zero-order valence-corrected chi connectivity index (χ0v) is 14.7. The molecule has 1 N–H and O–H groups in total. The van der Waals surface area contributed by atoms with Crippen molar-refractivity contribution in [2.75, 3.05) is 5.32 Å². The third kappa shape index (κ3) is 4.08. The molecule has 0 fully saturated rings. The highest BCUT2D eigenvalue weighted by molar-refractivity contribution is 9.10. The number of hydrogen-bond acceptors (Lipinski definition) is 4. The zero-order valence-electron chi connectivity index (χ0n) is 13.1. The van der Waals surface area contributed by atoms with Crippen molar-refractivity contribution < 1.29 is 9.21 Å². The van der Waals surface area contributed by atoms with Crippen LogP contribution in [0.5, 0.6) is 0 Å². The van der Waals surface area contributed by atoms with Crippen LogP contribution < -0.4 is 5.32 Å². The Morgan fingerprint density at radius 2 is 2.00 bits per heavy atom. The number of carbonyl (C=O) groups excluding carboxylic acids is 1. The fourth-order valence-electron chi connectivity index (χ4n) is 2.29. The summed E-state index contributed by atoms with van der Waals surface area (Å²) in [6, 6.07) is 15.3. The standard InChI is InChI=1S/C18H16BrN3O2/c1-12-5-2-3-8-15(12)18-22-21-17(24-18)10-9-16(23)20-14-7-4-6-13(19)11-14/h2-8,11H,9-10H2,1H3,(H,20,23). The van der Waals surface area contributed by atoms with E-state index in [1.54, 1.807) is 0 Å². The summed E-state index contributed by atoms with van der Waals surface area (Å²) in [6.07, 6.45) is 0.681. The number of amides is 1. The molecule has 6 heteroatoms. The van der Waals surface area contributed by atoms with E-state index in [9.17, 15) is 4.79 Å². The number of carbonyl (C=O) groups is 1. The van der Waals surface area contributed by atoms with E-state index in [0.29, 0.717) is 18.2 Å². The van der Waals surface area contributed by atoms with Gasteiger partial charge in [0.05, 0.1) is 0 Å². The molecule has 0 radical (unpaired) electrons.